The van der Waals surface area contributed by atoms with Crippen LogP contribution in [0.5, 0.6) is 0 Å². The summed E-state index contributed by atoms with van der Waals surface area (Å²) in [6.07, 6.45) is 0.267. The molecular weight excluding hydrogens is 226 g/mol. The van der Waals surface area contributed by atoms with Gasteiger partial charge < -0.3 is 10.1 Å². The number of ether oxygens (including phenoxy) is 1. The average Bonchev–Trinajstić information content (AvgIpc) is 2.40. The Balaban J connectivity index is 1.94. The highest BCUT2D eigenvalue weighted by molar-refractivity contribution is 5.32. The van der Waals surface area contributed by atoms with Gasteiger partial charge >= 0.3 is 0 Å². The molecule has 0 saturated carbocycles. The smallest absolute Gasteiger partial charge is 0.0991 e. The molecule has 0 bridgehead atoms. The van der Waals surface area contributed by atoms with Crippen molar-refractivity contribution in [3.63, 3.8) is 0 Å². The number of morpholine rings is 1. The minimum atomic E-state index is 0.267. The lowest BCUT2D eigenvalue weighted by Crippen LogP contribution is -2.45. The Hall–Kier alpha value is -1.41. The molecule has 0 aliphatic carbocycles. The SMILES string of the molecule is CNCC1CN(Cc2cccc(C#N)c2)CCO1. The minimum Gasteiger partial charge on any atom is -0.374 e. The largest absolute Gasteiger partial charge is 0.374 e. The fourth-order valence-electron chi connectivity index (χ4n) is 2.27. The summed E-state index contributed by atoms with van der Waals surface area (Å²) in [6.45, 7) is 4.45. The van der Waals surface area contributed by atoms with E-state index in [2.05, 4.69) is 22.4 Å². The Morgan fingerprint density at radius 3 is 3.22 bits per heavy atom. The molecule has 1 aliphatic rings. The monoisotopic (exact) mass is 245 g/mol. The van der Waals surface area contributed by atoms with Crippen LogP contribution in [0.2, 0.25) is 0 Å². The van der Waals surface area contributed by atoms with Crippen molar-refractivity contribution in [3.8, 4) is 6.07 Å². The molecule has 1 unspecified atom stereocenters. The first kappa shape index (κ1) is 13.0. The Morgan fingerprint density at radius 2 is 2.44 bits per heavy atom. The van der Waals surface area contributed by atoms with Crippen LogP contribution >= 0.6 is 0 Å². The van der Waals surface area contributed by atoms with Crippen molar-refractivity contribution in [1.82, 2.24) is 10.2 Å². The molecule has 1 fully saturated rings. The summed E-state index contributed by atoms with van der Waals surface area (Å²) in [7, 11) is 1.94. The summed E-state index contributed by atoms with van der Waals surface area (Å²) in [5.74, 6) is 0. The van der Waals surface area contributed by atoms with Gasteiger partial charge in [0.25, 0.3) is 0 Å². The first-order valence-corrected chi connectivity index (χ1v) is 6.29. The van der Waals surface area contributed by atoms with Crippen LogP contribution in [-0.4, -0.2) is 44.3 Å². The van der Waals surface area contributed by atoms with Gasteiger partial charge in [0.1, 0.15) is 0 Å². The molecule has 4 nitrogen and oxygen atoms in total. The Bertz CT molecular complexity index is 425. The van der Waals surface area contributed by atoms with E-state index in [-0.39, 0.29) is 6.10 Å². The number of nitrogens with one attached hydrogen (secondary N) is 1. The van der Waals surface area contributed by atoms with Gasteiger partial charge in [-0.25, -0.2) is 0 Å². The number of hydrogen-bond acceptors (Lipinski definition) is 4. The van der Waals surface area contributed by atoms with Gasteiger partial charge in [-0.1, -0.05) is 12.1 Å². The molecule has 0 radical (unpaired) electrons. The summed E-state index contributed by atoms with van der Waals surface area (Å²) in [4.78, 5) is 2.38. The fraction of sp³-hybridized carbons (Fsp3) is 0.500. The lowest BCUT2D eigenvalue weighted by atomic mass is 10.1. The van der Waals surface area contributed by atoms with Crippen molar-refractivity contribution in [3.05, 3.63) is 35.4 Å². The van der Waals surface area contributed by atoms with E-state index in [1.165, 1.54) is 5.56 Å². The van der Waals surface area contributed by atoms with Crippen LogP contribution in [0, 0.1) is 11.3 Å². The molecule has 1 N–H and O–H groups in total. The molecule has 4 heteroatoms. The minimum absolute atomic E-state index is 0.267. The second-order valence-electron chi connectivity index (χ2n) is 4.60. The van der Waals surface area contributed by atoms with E-state index < -0.39 is 0 Å². The molecule has 0 spiro atoms. The molecule has 1 heterocycles. The Morgan fingerprint density at radius 1 is 1.56 bits per heavy atom. The van der Waals surface area contributed by atoms with E-state index in [9.17, 15) is 0 Å². The fourth-order valence-corrected chi connectivity index (χ4v) is 2.27. The Labute approximate surface area is 108 Å². The van der Waals surface area contributed by atoms with Crippen LogP contribution in [0.25, 0.3) is 0 Å². The van der Waals surface area contributed by atoms with Gasteiger partial charge in [0.05, 0.1) is 24.3 Å². The lowest BCUT2D eigenvalue weighted by molar-refractivity contribution is -0.0291. The highest BCUT2D eigenvalue weighted by Crippen LogP contribution is 2.11. The van der Waals surface area contributed by atoms with Crippen molar-refractivity contribution < 1.29 is 4.74 Å². The quantitative estimate of drug-likeness (QED) is 0.859. The maximum Gasteiger partial charge on any atom is 0.0991 e. The third-order valence-electron chi connectivity index (χ3n) is 3.12. The molecule has 18 heavy (non-hydrogen) atoms. The van der Waals surface area contributed by atoms with Crippen LogP contribution < -0.4 is 5.32 Å². The zero-order valence-corrected chi connectivity index (χ0v) is 10.7. The number of nitriles is 1. The maximum atomic E-state index is 8.89. The van der Waals surface area contributed by atoms with Crippen molar-refractivity contribution >= 4 is 0 Å². The van der Waals surface area contributed by atoms with Gasteiger partial charge in [-0.15, -0.1) is 0 Å². The molecule has 96 valence electrons. The summed E-state index contributed by atoms with van der Waals surface area (Å²) in [5.41, 5.74) is 1.92. The third kappa shape index (κ3) is 3.54. The second-order valence-corrected chi connectivity index (χ2v) is 4.60. The lowest BCUT2D eigenvalue weighted by Gasteiger charge is -2.32. The third-order valence-corrected chi connectivity index (χ3v) is 3.12. The molecule has 1 aliphatic heterocycles. The molecule has 2 rings (SSSR count). The number of benzene rings is 1. The zero-order valence-electron chi connectivity index (χ0n) is 10.7. The van der Waals surface area contributed by atoms with Gasteiger partial charge in [-0.3, -0.25) is 4.90 Å². The van der Waals surface area contributed by atoms with Gasteiger partial charge in [0.15, 0.2) is 0 Å². The first-order valence-electron chi connectivity index (χ1n) is 6.29. The molecule has 0 amide bonds. The van der Waals surface area contributed by atoms with Crippen molar-refractivity contribution in [2.24, 2.45) is 0 Å². The number of likely N-dealkylation sites (N-methyl/N-ethyl adjacent to an activating group) is 1. The molecule has 0 aromatic heterocycles. The van der Waals surface area contributed by atoms with Gasteiger partial charge in [0, 0.05) is 26.2 Å². The summed E-state index contributed by atoms with van der Waals surface area (Å²) >= 11 is 0. The van der Waals surface area contributed by atoms with E-state index in [0.29, 0.717) is 0 Å². The highest BCUT2D eigenvalue weighted by Gasteiger charge is 2.19. The Kier molecular flexibility index (Phi) is 4.71. The molecule has 1 atom stereocenters. The normalized spacial score (nSPS) is 20.6. The molecule has 1 aromatic rings. The van der Waals surface area contributed by atoms with E-state index in [0.717, 1.165) is 38.3 Å². The average molecular weight is 245 g/mol. The van der Waals surface area contributed by atoms with Crippen LogP contribution in [0.1, 0.15) is 11.1 Å². The topological polar surface area (TPSA) is 48.3 Å². The van der Waals surface area contributed by atoms with E-state index in [1.807, 2.05) is 25.2 Å². The van der Waals surface area contributed by atoms with Crippen molar-refractivity contribution in [1.29, 1.82) is 5.26 Å². The van der Waals surface area contributed by atoms with Crippen LogP contribution in [-0.2, 0) is 11.3 Å². The number of hydrogen-bond donors (Lipinski definition) is 1. The van der Waals surface area contributed by atoms with Gasteiger partial charge in [0.2, 0.25) is 0 Å². The summed E-state index contributed by atoms with van der Waals surface area (Å²) in [6, 6.07) is 10.00. The zero-order chi connectivity index (χ0) is 12.8. The molecule has 1 saturated heterocycles. The van der Waals surface area contributed by atoms with Crippen LogP contribution in [0.4, 0.5) is 0 Å². The van der Waals surface area contributed by atoms with Gasteiger partial charge in [-0.2, -0.15) is 5.26 Å². The van der Waals surface area contributed by atoms with E-state index in [1.54, 1.807) is 0 Å². The van der Waals surface area contributed by atoms with Crippen molar-refractivity contribution in [2.75, 3.05) is 33.3 Å². The second kappa shape index (κ2) is 6.50. The molecular formula is C14H19N3O. The standard InChI is InChI=1S/C14H19N3O/c1-16-9-14-11-17(5-6-18-14)10-13-4-2-3-12(7-13)8-15/h2-4,7,14,16H,5-6,9-11H2,1H3. The summed E-state index contributed by atoms with van der Waals surface area (Å²) in [5, 5.41) is 12.0. The number of rotatable bonds is 4. The predicted molar refractivity (Wildman–Crippen MR) is 70.1 cm³/mol. The van der Waals surface area contributed by atoms with E-state index in [4.69, 9.17) is 10.00 Å². The first-order chi connectivity index (χ1) is 8.81. The van der Waals surface area contributed by atoms with Crippen LogP contribution in [0.15, 0.2) is 24.3 Å². The molecule has 1 aromatic carbocycles. The maximum absolute atomic E-state index is 8.89. The summed E-state index contributed by atoms with van der Waals surface area (Å²) < 4.78 is 5.67. The van der Waals surface area contributed by atoms with Crippen molar-refractivity contribution in [2.45, 2.75) is 12.6 Å². The number of nitrogens with zero attached hydrogens (tertiary/aromatic N) is 2. The van der Waals surface area contributed by atoms with Crippen LogP contribution in [0.3, 0.4) is 0 Å². The highest BCUT2D eigenvalue weighted by atomic mass is 16.5. The van der Waals surface area contributed by atoms with Gasteiger partial charge in [-0.05, 0) is 24.7 Å². The van der Waals surface area contributed by atoms with E-state index >= 15 is 0 Å². The predicted octanol–water partition coefficient (Wildman–Crippen LogP) is 0.978.